The standard InChI is InChI=1S/C13H8BrF6N3O.CH5N/c14-10(5-24)4-23-6-21-11(22-23)7-1-8(12(15,16)17)3-9(2-7)13(18,19)20;1-2/h1-6,11,22H;2H2,1H3/b10-4-;. The van der Waals surface area contributed by atoms with E-state index >= 15 is 0 Å². The van der Waals surface area contributed by atoms with Gasteiger partial charge in [-0.25, -0.2) is 10.4 Å². The van der Waals surface area contributed by atoms with Crippen LogP contribution in [0.4, 0.5) is 26.3 Å². The molecular formula is C14H13BrF6N4O. The molecular weight excluding hydrogens is 434 g/mol. The molecule has 1 aromatic carbocycles. The van der Waals surface area contributed by atoms with Gasteiger partial charge < -0.3 is 5.73 Å². The first kappa shape index (κ1) is 22.1. The highest BCUT2D eigenvalue weighted by Crippen LogP contribution is 2.37. The Morgan fingerprint density at radius 1 is 1.15 bits per heavy atom. The normalized spacial score (nSPS) is 17.8. The van der Waals surface area contributed by atoms with Crippen LogP contribution in [0.15, 0.2) is 33.9 Å². The van der Waals surface area contributed by atoms with Crippen LogP contribution in [-0.2, 0) is 17.1 Å². The van der Waals surface area contributed by atoms with Crippen molar-refractivity contribution in [2.45, 2.75) is 18.5 Å². The third kappa shape index (κ3) is 5.81. The summed E-state index contributed by atoms with van der Waals surface area (Å²) in [4.78, 5) is 14.3. The Morgan fingerprint density at radius 2 is 1.65 bits per heavy atom. The summed E-state index contributed by atoms with van der Waals surface area (Å²) in [5.41, 5.74) is 3.88. The predicted molar refractivity (Wildman–Crippen MR) is 85.8 cm³/mol. The maximum Gasteiger partial charge on any atom is 0.416 e. The summed E-state index contributed by atoms with van der Waals surface area (Å²) >= 11 is 2.89. The van der Waals surface area contributed by atoms with Crippen molar-refractivity contribution in [2.24, 2.45) is 10.7 Å². The van der Waals surface area contributed by atoms with Crippen LogP contribution in [0.3, 0.4) is 0 Å². The number of nitrogens with one attached hydrogen (secondary N) is 1. The number of carbonyl (C=O) groups excluding carboxylic acids is 1. The van der Waals surface area contributed by atoms with Gasteiger partial charge in [0, 0.05) is 6.20 Å². The number of alkyl halides is 6. The van der Waals surface area contributed by atoms with Crippen LogP contribution in [0, 0.1) is 0 Å². The molecule has 1 unspecified atom stereocenters. The average molecular weight is 447 g/mol. The van der Waals surface area contributed by atoms with Crippen molar-refractivity contribution in [3.8, 4) is 0 Å². The molecule has 0 aromatic heterocycles. The lowest BCUT2D eigenvalue weighted by atomic mass is 10.0. The van der Waals surface area contributed by atoms with Gasteiger partial charge in [-0.3, -0.25) is 9.80 Å². The number of rotatable bonds is 3. The summed E-state index contributed by atoms with van der Waals surface area (Å²) in [5, 5.41) is 1.14. The van der Waals surface area contributed by atoms with E-state index in [2.05, 4.69) is 32.1 Å². The van der Waals surface area contributed by atoms with Gasteiger partial charge in [-0.1, -0.05) is 0 Å². The molecule has 0 radical (unpaired) electrons. The molecule has 0 saturated heterocycles. The quantitative estimate of drug-likeness (QED) is 0.423. The van der Waals surface area contributed by atoms with Gasteiger partial charge in [0.25, 0.3) is 0 Å². The number of nitrogens with two attached hydrogens (primary N) is 1. The van der Waals surface area contributed by atoms with Gasteiger partial charge in [-0.15, -0.1) is 0 Å². The second-order valence-corrected chi connectivity index (χ2v) is 5.59. The van der Waals surface area contributed by atoms with Gasteiger partial charge in [0.2, 0.25) is 0 Å². The Hall–Kier alpha value is -1.92. The number of hydrazine groups is 1. The largest absolute Gasteiger partial charge is 0.416 e. The lowest BCUT2D eigenvalue weighted by Crippen LogP contribution is -2.29. The maximum absolute atomic E-state index is 12.8. The van der Waals surface area contributed by atoms with Gasteiger partial charge in [0.15, 0.2) is 6.29 Å². The molecule has 1 heterocycles. The lowest BCUT2D eigenvalue weighted by Gasteiger charge is -2.18. The minimum atomic E-state index is -4.93. The molecule has 1 atom stereocenters. The van der Waals surface area contributed by atoms with E-state index in [0.29, 0.717) is 18.4 Å². The van der Waals surface area contributed by atoms with Gasteiger partial charge in [-0.2, -0.15) is 26.3 Å². The zero-order valence-corrected chi connectivity index (χ0v) is 14.7. The van der Waals surface area contributed by atoms with Crippen LogP contribution < -0.4 is 11.2 Å². The zero-order chi connectivity index (χ0) is 20.1. The number of aldehydes is 1. The minimum Gasteiger partial charge on any atom is -0.333 e. The highest BCUT2D eigenvalue weighted by atomic mass is 79.9. The van der Waals surface area contributed by atoms with Crippen molar-refractivity contribution in [3.05, 3.63) is 45.6 Å². The van der Waals surface area contributed by atoms with Crippen molar-refractivity contribution in [1.29, 1.82) is 0 Å². The van der Waals surface area contributed by atoms with E-state index in [1.54, 1.807) is 0 Å². The molecule has 0 fully saturated rings. The molecule has 0 amide bonds. The first-order valence-electron chi connectivity index (χ1n) is 6.78. The van der Waals surface area contributed by atoms with Gasteiger partial charge in [0.1, 0.15) is 12.5 Å². The molecule has 5 nitrogen and oxygen atoms in total. The van der Waals surface area contributed by atoms with E-state index in [-0.39, 0.29) is 16.1 Å². The summed E-state index contributed by atoms with van der Waals surface area (Å²) in [5.74, 6) is 0. The number of benzene rings is 1. The molecule has 1 aliphatic heterocycles. The fourth-order valence-corrected chi connectivity index (χ4v) is 2.10. The molecule has 0 spiro atoms. The van der Waals surface area contributed by atoms with Crippen LogP contribution >= 0.6 is 15.9 Å². The van der Waals surface area contributed by atoms with E-state index in [0.717, 1.165) is 11.3 Å². The molecule has 0 bridgehead atoms. The van der Waals surface area contributed by atoms with E-state index in [4.69, 9.17) is 0 Å². The van der Waals surface area contributed by atoms with Gasteiger partial charge in [0.05, 0.1) is 15.6 Å². The Balaban J connectivity index is 0.00000163. The van der Waals surface area contributed by atoms with Crippen molar-refractivity contribution >= 4 is 28.6 Å². The Bertz CT molecular complexity index is 669. The van der Waals surface area contributed by atoms with Crippen molar-refractivity contribution in [2.75, 3.05) is 7.05 Å². The fourth-order valence-electron chi connectivity index (χ4n) is 1.88. The van der Waals surface area contributed by atoms with Crippen molar-refractivity contribution in [3.63, 3.8) is 0 Å². The zero-order valence-electron chi connectivity index (χ0n) is 13.1. The summed E-state index contributed by atoms with van der Waals surface area (Å²) < 4.78 is 77.1. The van der Waals surface area contributed by atoms with E-state index in [1.165, 1.54) is 13.2 Å². The first-order valence-corrected chi connectivity index (χ1v) is 7.57. The fraction of sp³-hybridized carbons (Fsp3) is 0.286. The Labute approximate surface area is 152 Å². The molecule has 12 heteroatoms. The van der Waals surface area contributed by atoms with Gasteiger partial charge >= 0.3 is 12.4 Å². The van der Waals surface area contributed by atoms with Crippen LogP contribution in [0.2, 0.25) is 0 Å². The average Bonchev–Trinajstić information content (AvgIpc) is 3.03. The molecule has 144 valence electrons. The summed E-state index contributed by atoms with van der Waals surface area (Å²) in [6.07, 6.45) is -8.22. The van der Waals surface area contributed by atoms with Crippen LogP contribution in [0.25, 0.3) is 0 Å². The smallest absolute Gasteiger partial charge is 0.333 e. The van der Waals surface area contributed by atoms with Crippen LogP contribution in [0.1, 0.15) is 22.9 Å². The van der Waals surface area contributed by atoms with Crippen LogP contribution in [-0.4, -0.2) is 24.7 Å². The third-order valence-electron chi connectivity index (χ3n) is 2.91. The Morgan fingerprint density at radius 3 is 2.08 bits per heavy atom. The van der Waals surface area contributed by atoms with E-state index in [9.17, 15) is 31.1 Å². The SMILES string of the molecule is CN.O=C/C(Br)=C/N1C=NC(c2cc(C(F)(F)F)cc(C(F)(F)F)c2)N1. The number of hydrogen-bond donors (Lipinski definition) is 2. The molecule has 0 saturated carbocycles. The number of allylic oxidation sites excluding steroid dienone is 1. The topological polar surface area (TPSA) is 70.7 Å². The summed E-state index contributed by atoms with van der Waals surface area (Å²) in [6.45, 7) is 0. The highest BCUT2D eigenvalue weighted by molar-refractivity contribution is 9.12. The molecule has 1 aromatic rings. The van der Waals surface area contributed by atoms with Crippen molar-refractivity contribution in [1.82, 2.24) is 10.4 Å². The summed E-state index contributed by atoms with van der Waals surface area (Å²) in [6, 6.07) is 1.22. The Kier molecular flexibility index (Phi) is 7.35. The second kappa shape index (κ2) is 8.64. The monoisotopic (exact) mass is 446 g/mol. The summed E-state index contributed by atoms with van der Waals surface area (Å²) in [7, 11) is 1.50. The second-order valence-electron chi connectivity index (χ2n) is 4.67. The maximum atomic E-state index is 12.8. The predicted octanol–water partition coefficient (Wildman–Crippen LogP) is 3.58. The number of carbonyl (C=O) groups is 1. The van der Waals surface area contributed by atoms with E-state index < -0.39 is 29.6 Å². The van der Waals surface area contributed by atoms with E-state index in [1.807, 2.05) is 0 Å². The van der Waals surface area contributed by atoms with Crippen LogP contribution in [0.5, 0.6) is 0 Å². The molecule has 26 heavy (non-hydrogen) atoms. The number of halogens is 7. The number of aliphatic imine (C=N–C) groups is 1. The third-order valence-corrected chi connectivity index (χ3v) is 3.30. The molecule has 0 aliphatic carbocycles. The number of hydrogen-bond acceptors (Lipinski definition) is 5. The molecule has 1 aliphatic rings. The lowest BCUT2D eigenvalue weighted by molar-refractivity contribution is -0.143. The molecule has 3 N–H and O–H groups in total. The highest BCUT2D eigenvalue weighted by Gasteiger charge is 2.37. The first-order chi connectivity index (χ1) is 12.0. The number of nitrogens with zero attached hydrogens (tertiary/aromatic N) is 2. The molecule has 2 rings (SSSR count). The van der Waals surface area contributed by atoms with Crippen molar-refractivity contribution < 1.29 is 31.1 Å². The minimum absolute atomic E-state index is 0.0445. The van der Waals surface area contributed by atoms with Gasteiger partial charge in [-0.05, 0) is 46.7 Å².